The molecule has 2 aliphatic heterocycles. The second-order valence-corrected chi connectivity index (χ2v) is 8.97. The van der Waals surface area contributed by atoms with E-state index >= 15 is 0 Å². The van der Waals surface area contributed by atoms with Crippen LogP contribution in [0.2, 0.25) is 0 Å². The maximum absolute atomic E-state index is 13.1. The van der Waals surface area contributed by atoms with Gasteiger partial charge in [-0.3, -0.25) is 14.2 Å². The third kappa shape index (κ3) is 4.65. The van der Waals surface area contributed by atoms with Crippen molar-refractivity contribution in [2.75, 3.05) is 33.0 Å². The van der Waals surface area contributed by atoms with E-state index < -0.39 is 0 Å². The summed E-state index contributed by atoms with van der Waals surface area (Å²) in [6.45, 7) is 4.75. The number of hydrogen-bond donors (Lipinski definition) is 3. The lowest BCUT2D eigenvalue weighted by Gasteiger charge is -2.12. The first-order valence-electron chi connectivity index (χ1n) is 11.4. The quantitative estimate of drug-likeness (QED) is 0.363. The van der Waals surface area contributed by atoms with Crippen molar-refractivity contribution >= 4 is 29.0 Å². The number of rotatable bonds is 7. The SMILES string of the molecule is O=C(NCCC[NH+]1CCCC1)c1ccc(Cn2c(=S)[nH]c3cc4c(cc3c2=O)OCO4)cc1. The number of carbonyl (C=O) groups is 1. The zero-order chi connectivity index (χ0) is 22.8. The van der Waals surface area contributed by atoms with Crippen molar-refractivity contribution in [2.24, 2.45) is 0 Å². The van der Waals surface area contributed by atoms with E-state index in [4.69, 9.17) is 21.7 Å². The molecule has 1 aromatic heterocycles. The number of H-pyrrole nitrogens is 1. The molecule has 1 fully saturated rings. The van der Waals surface area contributed by atoms with E-state index in [1.54, 1.807) is 29.2 Å². The number of fused-ring (bicyclic) bond motifs is 2. The van der Waals surface area contributed by atoms with Crippen LogP contribution in [-0.4, -0.2) is 48.4 Å². The summed E-state index contributed by atoms with van der Waals surface area (Å²) in [5, 5.41) is 3.49. The fraction of sp³-hybridized carbons (Fsp3) is 0.375. The van der Waals surface area contributed by atoms with Crippen molar-refractivity contribution in [2.45, 2.75) is 25.8 Å². The van der Waals surface area contributed by atoms with Gasteiger partial charge in [-0.25, -0.2) is 0 Å². The third-order valence-electron chi connectivity index (χ3n) is 6.34. The number of aromatic nitrogens is 2. The van der Waals surface area contributed by atoms with Gasteiger partial charge in [0.2, 0.25) is 6.79 Å². The molecular formula is C24H27N4O4S+. The number of nitrogens with zero attached hydrogens (tertiary/aromatic N) is 1. The largest absolute Gasteiger partial charge is 0.454 e. The molecule has 0 aliphatic carbocycles. The minimum atomic E-state index is -0.200. The number of carbonyl (C=O) groups excluding carboxylic acids is 1. The van der Waals surface area contributed by atoms with Crippen LogP contribution < -0.4 is 25.2 Å². The van der Waals surface area contributed by atoms with Crippen LogP contribution in [0.4, 0.5) is 0 Å². The van der Waals surface area contributed by atoms with Crippen LogP contribution in [0.5, 0.6) is 11.5 Å². The lowest BCUT2D eigenvalue weighted by atomic mass is 10.1. The Labute approximate surface area is 196 Å². The third-order valence-corrected chi connectivity index (χ3v) is 6.66. The molecule has 33 heavy (non-hydrogen) atoms. The summed E-state index contributed by atoms with van der Waals surface area (Å²) < 4.78 is 12.6. The van der Waals surface area contributed by atoms with Gasteiger partial charge in [0.15, 0.2) is 16.3 Å². The van der Waals surface area contributed by atoms with Gasteiger partial charge in [-0.05, 0) is 36.0 Å². The van der Waals surface area contributed by atoms with Gasteiger partial charge in [-0.15, -0.1) is 0 Å². The lowest BCUT2D eigenvalue weighted by Crippen LogP contribution is -3.10. The van der Waals surface area contributed by atoms with E-state index in [0.717, 1.165) is 18.5 Å². The average Bonchev–Trinajstić information content (AvgIpc) is 3.50. The maximum Gasteiger partial charge on any atom is 0.262 e. The van der Waals surface area contributed by atoms with Crippen LogP contribution in [-0.2, 0) is 6.54 Å². The van der Waals surface area contributed by atoms with E-state index in [2.05, 4.69) is 10.3 Å². The van der Waals surface area contributed by atoms with Crippen LogP contribution in [0.25, 0.3) is 10.9 Å². The van der Waals surface area contributed by atoms with Gasteiger partial charge in [-0.2, -0.15) is 0 Å². The Morgan fingerprint density at radius 1 is 1.12 bits per heavy atom. The fourth-order valence-corrected chi connectivity index (χ4v) is 4.76. The summed E-state index contributed by atoms with van der Waals surface area (Å²) in [5.74, 6) is 1.07. The van der Waals surface area contributed by atoms with E-state index in [9.17, 15) is 9.59 Å². The second-order valence-electron chi connectivity index (χ2n) is 8.59. The molecule has 1 saturated heterocycles. The van der Waals surface area contributed by atoms with Crippen molar-refractivity contribution in [3.63, 3.8) is 0 Å². The number of likely N-dealkylation sites (tertiary alicyclic amines) is 1. The number of benzene rings is 2. The Bertz CT molecular complexity index is 1290. The Morgan fingerprint density at radius 3 is 2.61 bits per heavy atom. The first kappa shape index (κ1) is 21.7. The number of quaternary nitrogens is 1. The van der Waals surface area contributed by atoms with Gasteiger partial charge in [0.1, 0.15) is 0 Å². The topological polar surface area (TPSA) is 89.8 Å². The van der Waals surface area contributed by atoms with Gasteiger partial charge in [0, 0.05) is 37.4 Å². The molecule has 5 rings (SSSR count). The molecule has 0 atom stereocenters. The highest BCUT2D eigenvalue weighted by Gasteiger charge is 2.17. The van der Waals surface area contributed by atoms with Gasteiger partial charge in [0.25, 0.3) is 11.5 Å². The molecule has 3 heterocycles. The van der Waals surface area contributed by atoms with Crippen molar-refractivity contribution in [1.82, 2.24) is 14.9 Å². The summed E-state index contributed by atoms with van der Waals surface area (Å²) in [7, 11) is 0. The molecule has 0 saturated carbocycles. The van der Waals surface area contributed by atoms with E-state index in [1.807, 2.05) is 12.1 Å². The molecule has 9 heteroatoms. The van der Waals surface area contributed by atoms with E-state index in [-0.39, 0.29) is 18.3 Å². The number of amides is 1. The minimum absolute atomic E-state index is 0.0748. The van der Waals surface area contributed by atoms with Crippen LogP contribution in [0.1, 0.15) is 35.2 Å². The molecule has 172 valence electrons. The Balaban J connectivity index is 1.25. The summed E-state index contributed by atoms with van der Waals surface area (Å²) >= 11 is 5.43. The standard InChI is InChI=1S/C24H26N4O4S/c29-22(25-8-3-11-27-9-1-2-10-27)17-6-4-16(5-7-17)14-28-23(30)18-12-20-21(32-15-31-20)13-19(18)26-24(28)33/h4-7,12-13H,1-3,8-11,14-15H2,(H,25,29)(H,26,33)/p+1. The molecule has 2 aromatic carbocycles. The maximum atomic E-state index is 13.1. The van der Waals surface area contributed by atoms with Crippen molar-refractivity contribution in [3.8, 4) is 11.5 Å². The minimum Gasteiger partial charge on any atom is -0.454 e. The lowest BCUT2D eigenvalue weighted by molar-refractivity contribution is -0.887. The summed E-state index contributed by atoms with van der Waals surface area (Å²) in [6.07, 6.45) is 3.62. The van der Waals surface area contributed by atoms with Crippen LogP contribution >= 0.6 is 12.2 Å². The van der Waals surface area contributed by atoms with Crippen LogP contribution in [0.3, 0.4) is 0 Å². The van der Waals surface area contributed by atoms with Crippen molar-refractivity contribution in [1.29, 1.82) is 0 Å². The Morgan fingerprint density at radius 2 is 1.85 bits per heavy atom. The molecule has 3 aromatic rings. The van der Waals surface area contributed by atoms with Crippen molar-refractivity contribution < 1.29 is 19.2 Å². The molecule has 8 nitrogen and oxygen atoms in total. The number of ether oxygens (including phenoxy) is 2. The normalized spacial score (nSPS) is 15.3. The first-order chi connectivity index (χ1) is 16.1. The molecule has 2 aliphatic rings. The van der Waals surface area contributed by atoms with Crippen LogP contribution in [0, 0.1) is 4.77 Å². The molecule has 0 radical (unpaired) electrons. The van der Waals surface area contributed by atoms with Gasteiger partial charge in [-0.1, -0.05) is 12.1 Å². The van der Waals surface area contributed by atoms with Crippen LogP contribution in [0.15, 0.2) is 41.2 Å². The van der Waals surface area contributed by atoms with Crippen molar-refractivity contribution in [3.05, 3.63) is 62.6 Å². The Kier molecular flexibility index (Phi) is 6.15. The second kappa shape index (κ2) is 9.36. The zero-order valence-electron chi connectivity index (χ0n) is 18.3. The highest BCUT2D eigenvalue weighted by atomic mass is 32.1. The molecular weight excluding hydrogens is 440 g/mol. The summed E-state index contributed by atoms with van der Waals surface area (Å²) in [6, 6.07) is 10.7. The van der Waals surface area contributed by atoms with Gasteiger partial charge in [0.05, 0.1) is 37.1 Å². The average molecular weight is 468 g/mol. The molecule has 3 N–H and O–H groups in total. The monoisotopic (exact) mass is 467 g/mol. The smallest absolute Gasteiger partial charge is 0.262 e. The molecule has 0 unspecified atom stereocenters. The number of hydrogen-bond acceptors (Lipinski definition) is 5. The van der Waals surface area contributed by atoms with Gasteiger partial charge >= 0.3 is 0 Å². The Hall–Kier alpha value is -3.17. The molecule has 0 spiro atoms. The molecule has 0 bridgehead atoms. The first-order valence-corrected chi connectivity index (χ1v) is 11.8. The highest BCUT2D eigenvalue weighted by Crippen LogP contribution is 2.34. The number of nitrogens with one attached hydrogen (secondary N) is 3. The fourth-order valence-electron chi connectivity index (χ4n) is 4.50. The summed E-state index contributed by atoms with van der Waals surface area (Å²) in [4.78, 5) is 30.3. The predicted molar refractivity (Wildman–Crippen MR) is 127 cm³/mol. The zero-order valence-corrected chi connectivity index (χ0v) is 19.1. The van der Waals surface area contributed by atoms with E-state index in [1.165, 1.54) is 30.5 Å². The summed E-state index contributed by atoms with van der Waals surface area (Å²) in [5.41, 5.74) is 1.90. The predicted octanol–water partition coefficient (Wildman–Crippen LogP) is 1.63. The van der Waals surface area contributed by atoms with E-state index in [0.29, 0.717) is 45.8 Å². The number of aromatic amines is 1. The molecule has 1 amide bonds. The van der Waals surface area contributed by atoms with Gasteiger partial charge < -0.3 is 24.7 Å². The highest BCUT2D eigenvalue weighted by molar-refractivity contribution is 7.71.